The molecule has 2 aliphatic heterocycles. The highest BCUT2D eigenvalue weighted by Gasteiger charge is 2.60. The highest BCUT2D eigenvalue weighted by Crippen LogP contribution is 2.56. The van der Waals surface area contributed by atoms with Gasteiger partial charge in [0.25, 0.3) is 0 Å². The average Bonchev–Trinajstić information content (AvgIpc) is 2.88. The second-order valence-electron chi connectivity index (χ2n) is 9.23. The molecule has 29 heavy (non-hydrogen) atoms. The molecule has 0 aliphatic carbocycles. The molecule has 4 nitrogen and oxygen atoms in total. The summed E-state index contributed by atoms with van der Waals surface area (Å²) in [7, 11) is 0. The second-order valence-corrected chi connectivity index (χ2v) is 10.1. The molecule has 2 aromatic rings. The summed E-state index contributed by atoms with van der Waals surface area (Å²) in [5.74, 6) is -0.318. The zero-order chi connectivity index (χ0) is 21.0. The minimum absolute atomic E-state index is 0.0509. The number of nitrogens with one attached hydrogen (secondary N) is 2. The Morgan fingerprint density at radius 2 is 1.79 bits per heavy atom. The molecule has 1 saturated heterocycles. The Morgan fingerprint density at radius 3 is 2.48 bits per heavy atom. The van der Waals surface area contributed by atoms with E-state index >= 15 is 0 Å². The van der Waals surface area contributed by atoms with Gasteiger partial charge in [-0.1, -0.05) is 62.2 Å². The topological polar surface area (TPSA) is 58.2 Å². The summed E-state index contributed by atoms with van der Waals surface area (Å²) in [6.07, 6.45) is 1.02. The highest BCUT2D eigenvalue weighted by atomic mass is 35.5. The third kappa shape index (κ3) is 3.43. The summed E-state index contributed by atoms with van der Waals surface area (Å²) in [6, 6.07) is 12.4. The molecule has 2 aromatic carbocycles. The summed E-state index contributed by atoms with van der Waals surface area (Å²) in [4.78, 5) is 26.4. The van der Waals surface area contributed by atoms with Gasteiger partial charge in [-0.05, 0) is 53.1 Å². The van der Waals surface area contributed by atoms with Crippen molar-refractivity contribution in [2.24, 2.45) is 11.3 Å². The minimum atomic E-state index is -0.925. The largest absolute Gasteiger partial charge is 0.348 e. The van der Waals surface area contributed by atoms with E-state index in [-0.39, 0.29) is 23.1 Å². The van der Waals surface area contributed by atoms with Crippen LogP contribution in [0.4, 0.5) is 5.69 Å². The molecule has 0 unspecified atom stereocenters. The van der Waals surface area contributed by atoms with E-state index in [1.807, 2.05) is 30.3 Å². The molecule has 0 bridgehead atoms. The minimum Gasteiger partial charge on any atom is -0.348 e. The van der Waals surface area contributed by atoms with Gasteiger partial charge in [0.05, 0.1) is 6.04 Å². The van der Waals surface area contributed by atoms with Crippen molar-refractivity contribution >= 4 is 40.7 Å². The molecule has 152 valence electrons. The van der Waals surface area contributed by atoms with Crippen LogP contribution in [-0.2, 0) is 15.0 Å². The first-order chi connectivity index (χ1) is 13.6. The fourth-order valence-corrected chi connectivity index (χ4v) is 5.35. The number of fused-ring (bicyclic) bond motifs is 2. The van der Waals surface area contributed by atoms with Crippen LogP contribution >= 0.6 is 23.2 Å². The average molecular weight is 431 g/mol. The van der Waals surface area contributed by atoms with Gasteiger partial charge in [0.1, 0.15) is 5.41 Å². The lowest BCUT2D eigenvalue weighted by Crippen LogP contribution is -2.58. The number of hydrogen-bond donors (Lipinski definition) is 2. The number of halogens is 2. The zero-order valence-corrected chi connectivity index (χ0v) is 18.2. The predicted molar refractivity (Wildman–Crippen MR) is 116 cm³/mol. The molecule has 0 aromatic heterocycles. The number of carbonyl (C=O) groups is 2. The van der Waals surface area contributed by atoms with E-state index in [0.29, 0.717) is 22.2 Å². The van der Waals surface area contributed by atoms with E-state index in [9.17, 15) is 9.59 Å². The van der Waals surface area contributed by atoms with Crippen LogP contribution < -0.4 is 10.6 Å². The summed E-state index contributed by atoms with van der Waals surface area (Å²) in [5, 5.41) is 7.27. The van der Waals surface area contributed by atoms with Crippen LogP contribution in [0.15, 0.2) is 42.5 Å². The quantitative estimate of drug-likeness (QED) is 0.660. The molecule has 0 radical (unpaired) electrons. The van der Waals surface area contributed by atoms with E-state index in [1.165, 1.54) is 0 Å². The number of rotatable bonds is 2. The van der Waals surface area contributed by atoms with Crippen molar-refractivity contribution < 1.29 is 9.59 Å². The standard InChI is InChI=1S/C23H24Cl2N2O2/c1-22(2,3)12-14-10-19(28)27-20(13-5-4-6-15(24)9-13)23(14)17-8-7-16(25)11-18(17)26-21(23)29/h4-9,11,14,20H,10,12H2,1-3H3,(H,26,29)(H,27,28)/t14-,20+,23+/m1/s1. The zero-order valence-electron chi connectivity index (χ0n) is 16.7. The van der Waals surface area contributed by atoms with Crippen LogP contribution in [0.25, 0.3) is 0 Å². The lowest BCUT2D eigenvalue weighted by molar-refractivity contribution is -0.134. The van der Waals surface area contributed by atoms with Crippen molar-refractivity contribution in [1.29, 1.82) is 0 Å². The van der Waals surface area contributed by atoms with Crippen LogP contribution in [0.2, 0.25) is 10.0 Å². The summed E-state index contributed by atoms with van der Waals surface area (Å²) >= 11 is 12.5. The van der Waals surface area contributed by atoms with Gasteiger partial charge in [-0.2, -0.15) is 0 Å². The van der Waals surface area contributed by atoms with Crippen molar-refractivity contribution in [2.75, 3.05) is 5.32 Å². The van der Waals surface area contributed by atoms with Crippen LogP contribution in [0.5, 0.6) is 0 Å². The van der Waals surface area contributed by atoms with Gasteiger partial charge in [-0.15, -0.1) is 0 Å². The molecule has 3 atom stereocenters. The maximum Gasteiger partial charge on any atom is 0.237 e. The molecule has 6 heteroatoms. The first kappa shape index (κ1) is 20.2. The third-order valence-electron chi connectivity index (χ3n) is 5.93. The number of carbonyl (C=O) groups excluding carboxylic acids is 2. The molecule has 2 heterocycles. The van der Waals surface area contributed by atoms with Gasteiger partial charge in [0.15, 0.2) is 0 Å². The summed E-state index contributed by atoms with van der Waals surface area (Å²) in [5.41, 5.74) is 1.44. The fraction of sp³-hybridized carbons (Fsp3) is 0.391. The van der Waals surface area contributed by atoms with Gasteiger partial charge in [0, 0.05) is 22.2 Å². The van der Waals surface area contributed by atoms with E-state index in [1.54, 1.807) is 12.1 Å². The molecule has 1 spiro atoms. The fourth-order valence-electron chi connectivity index (χ4n) is 4.98. The van der Waals surface area contributed by atoms with Crippen molar-refractivity contribution in [3.8, 4) is 0 Å². The molecular weight excluding hydrogens is 407 g/mol. The van der Waals surface area contributed by atoms with E-state index in [0.717, 1.165) is 17.5 Å². The Morgan fingerprint density at radius 1 is 1.07 bits per heavy atom. The number of anilines is 1. The van der Waals surface area contributed by atoms with Crippen molar-refractivity contribution in [3.63, 3.8) is 0 Å². The Bertz CT molecular complexity index is 999. The van der Waals surface area contributed by atoms with Gasteiger partial charge >= 0.3 is 0 Å². The van der Waals surface area contributed by atoms with E-state index in [4.69, 9.17) is 23.2 Å². The Labute approximate surface area is 181 Å². The van der Waals surface area contributed by atoms with Crippen LogP contribution in [0.1, 0.15) is 50.8 Å². The summed E-state index contributed by atoms with van der Waals surface area (Å²) in [6.45, 7) is 6.41. The number of hydrogen-bond acceptors (Lipinski definition) is 2. The van der Waals surface area contributed by atoms with Crippen molar-refractivity contribution in [1.82, 2.24) is 5.32 Å². The van der Waals surface area contributed by atoms with Gasteiger partial charge in [-0.25, -0.2) is 0 Å². The van der Waals surface area contributed by atoms with Gasteiger partial charge in [0.2, 0.25) is 11.8 Å². The van der Waals surface area contributed by atoms with Crippen LogP contribution in [0.3, 0.4) is 0 Å². The molecule has 1 fully saturated rings. The Hall–Kier alpha value is -2.04. The number of amides is 2. The first-order valence-corrected chi connectivity index (χ1v) is 10.5. The van der Waals surface area contributed by atoms with E-state index < -0.39 is 11.5 Å². The maximum atomic E-state index is 13.7. The summed E-state index contributed by atoms with van der Waals surface area (Å²) < 4.78 is 0. The normalized spacial score (nSPS) is 26.2. The molecule has 4 rings (SSSR count). The van der Waals surface area contributed by atoms with E-state index in [2.05, 4.69) is 31.4 Å². The molecule has 2 aliphatic rings. The SMILES string of the molecule is CC(C)(C)C[C@H]1CC(=O)N[C@@H](c2cccc(Cl)c2)[C@]12C(=O)Nc1cc(Cl)ccc12. The molecular formula is C23H24Cl2N2O2. The lowest BCUT2D eigenvalue weighted by Gasteiger charge is -2.48. The first-order valence-electron chi connectivity index (χ1n) is 9.77. The van der Waals surface area contributed by atoms with Gasteiger partial charge in [-0.3, -0.25) is 9.59 Å². The van der Waals surface area contributed by atoms with Gasteiger partial charge < -0.3 is 10.6 Å². The Balaban J connectivity index is 1.97. The number of piperidine rings is 1. The van der Waals surface area contributed by atoms with Crippen molar-refractivity contribution in [2.45, 2.75) is 45.1 Å². The number of benzene rings is 2. The second kappa shape index (κ2) is 7.03. The Kier molecular flexibility index (Phi) is 4.91. The lowest BCUT2D eigenvalue weighted by atomic mass is 9.58. The molecule has 2 N–H and O–H groups in total. The smallest absolute Gasteiger partial charge is 0.237 e. The van der Waals surface area contributed by atoms with Crippen molar-refractivity contribution in [3.05, 3.63) is 63.6 Å². The monoisotopic (exact) mass is 430 g/mol. The van der Waals surface area contributed by atoms with Crippen LogP contribution in [0, 0.1) is 11.3 Å². The highest BCUT2D eigenvalue weighted by molar-refractivity contribution is 6.31. The molecule has 0 saturated carbocycles. The maximum absolute atomic E-state index is 13.7. The third-order valence-corrected chi connectivity index (χ3v) is 6.40. The van der Waals surface area contributed by atoms with Crippen LogP contribution in [-0.4, -0.2) is 11.8 Å². The predicted octanol–water partition coefficient (Wildman–Crippen LogP) is 5.50. The molecule has 2 amide bonds.